The van der Waals surface area contributed by atoms with E-state index in [0.29, 0.717) is 6.04 Å². The van der Waals surface area contributed by atoms with E-state index in [1.165, 1.54) is 8.66 Å². The van der Waals surface area contributed by atoms with Gasteiger partial charge in [-0.25, -0.2) is 0 Å². The zero-order valence-electron chi connectivity index (χ0n) is 6.73. The maximum absolute atomic E-state index is 3.44. The van der Waals surface area contributed by atoms with Crippen LogP contribution >= 0.6 is 27.3 Å². The normalized spacial score (nSPS) is 13.4. The number of halogens is 1. The fourth-order valence-electron chi connectivity index (χ4n) is 0.968. The number of thiophene rings is 1. The molecule has 0 aliphatic heterocycles. The molecule has 0 aliphatic carbocycles. The molecule has 1 nitrogen and oxygen atoms in total. The first-order chi connectivity index (χ1) is 5.24. The van der Waals surface area contributed by atoms with Crippen LogP contribution < -0.4 is 5.32 Å². The van der Waals surface area contributed by atoms with Gasteiger partial charge in [0.2, 0.25) is 0 Å². The van der Waals surface area contributed by atoms with Crippen molar-refractivity contribution in [3.63, 3.8) is 0 Å². The van der Waals surface area contributed by atoms with Crippen LogP contribution in [0.2, 0.25) is 0 Å². The maximum atomic E-state index is 3.44. The minimum Gasteiger partial charge on any atom is -0.310 e. The molecule has 0 fully saturated rings. The summed E-state index contributed by atoms with van der Waals surface area (Å²) in [7, 11) is 0. The molecular weight excluding hydrogens is 222 g/mol. The van der Waals surface area contributed by atoms with Gasteiger partial charge in [-0.15, -0.1) is 11.3 Å². The fourth-order valence-corrected chi connectivity index (χ4v) is 2.42. The summed E-state index contributed by atoms with van der Waals surface area (Å²) in [6.45, 7) is 5.33. The monoisotopic (exact) mass is 233 g/mol. The summed E-state index contributed by atoms with van der Waals surface area (Å²) in [5.74, 6) is 0. The lowest BCUT2D eigenvalue weighted by Crippen LogP contribution is -2.16. The zero-order chi connectivity index (χ0) is 8.27. The van der Waals surface area contributed by atoms with E-state index in [-0.39, 0.29) is 0 Å². The summed E-state index contributed by atoms with van der Waals surface area (Å²) in [6, 6.07) is 4.73. The Hall–Kier alpha value is 0.140. The first-order valence-corrected chi connectivity index (χ1v) is 5.33. The van der Waals surface area contributed by atoms with Crippen molar-refractivity contribution in [1.82, 2.24) is 5.32 Å². The molecular formula is C8H12BrNS. The van der Waals surface area contributed by atoms with Crippen LogP contribution in [0.25, 0.3) is 0 Å². The van der Waals surface area contributed by atoms with Gasteiger partial charge in [-0.05, 0) is 41.5 Å². The first kappa shape index (κ1) is 9.23. The molecule has 62 valence electrons. The van der Waals surface area contributed by atoms with Gasteiger partial charge in [0.15, 0.2) is 0 Å². The van der Waals surface area contributed by atoms with Crippen LogP contribution in [0, 0.1) is 0 Å². The van der Waals surface area contributed by atoms with Gasteiger partial charge >= 0.3 is 0 Å². The summed E-state index contributed by atoms with van der Waals surface area (Å²) in [6.07, 6.45) is 0. The summed E-state index contributed by atoms with van der Waals surface area (Å²) in [5, 5.41) is 3.36. The molecule has 0 aromatic carbocycles. The predicted molar refractivity (Wildman–Crippen MR) is 54.1 cm³/mol. The highest BCUT2D eigenvalue weighted by molar-refractivity contribution is 9.11. The second-order valence-corrected chi connectivity index (χ2v) is 4.92. The van der Waals surface area contributed by atoms with Crippen LogP contribution in [-0.4, -0.2) is 6.54 Å². The van der Waals surface area contributed by atoms with Gasteiger partial charge in [0.05, 0.1) is 3.79 Å². The summed E-state index contributed by atoms with van der Waals surface area (Å²) >= 11 is 5.23. The third-order valence-corrected chi connectivity index (χ3v) is 3.34. The molecule has 0 bridgehead atoms. The molecule has 0 unspecified atom stereocenters. The van der Waals surface area contributed by atoms with Crippen LogP contribution in [0.4, 0.5) is 0 Å². The van der Waals surface area contributed by atoms with Gasteiger partial charge < -0.3 is 5.32 Å². The SMILES string of the molecule is CCN[C@H](C)c1ccc(Br)s1. The van der Waals surface area contributed by atoms with Gasteiger partial charge in [0.1, 0.15) is 0 Å². The minimum absolute atomic E-state index is 0.483. The topological polar surface area (TPSA) is 12.0 Å². The predicted octanol–water partition coefficient (Wildman–Crippen LogP) is 3.18. The molecule has 1 heterocycles. The number of rotatable bonds is 3. The van der Waals surface area contributed by atoms with Crippen molar-refractivity contribution in [2.24, 2.45) is 0 Å². The maximum Gasteiger partial charge on any atom is 0.0701 e. The standard InChI is InChI=1S/C8H12BrNS/c1-3-10-6(2)7-4-5-8(9)11-7/h4-6,10H,3H2,1-2H3/t6-/m1/s1. The Labute approximate surface area is 79.9 Å². The molecule has 0 amide bonds. The number of hydrogen-bond donors (Lipinski definition) is 1. The van der Waals surface area contributed by atoms with Crippen molar-refractivity contribution in [2.75, 3.05) is 6.54 Å². The number of hydrogen-bond acceptors (Lipinski definition) is 2. The lowest BCUT2D eigenvalue weighted by molar-refractivity contribution is 0.607. The molecule has 1 N–H and O–H groups in total. The summed E-state index contributed by atoms with van der Waals surface area (Å²) in [5.41, 5.74) is 0. The van der Waals surface area contributed by atoms with Gasteiger partial charge in [-0.2, -0.15) is 0 Å². The van der Waals surface area contributed by atoms with Crippen LogP contribution in [0.3, 0.4) is 0 Å². The van der Waals surface area contributed by atoms with Crippen molar-refractivity contribution in [1.29, 1.82) is 0 Å². The molecule has 0 spiro atoms. The van der Waals surface area contributed by atoms with E-state index in [0.717, 1.165) is 6.54 Å². The van der Waals surface area contributed by atoms with Crippen molar-refractivity contribution in [2.45, 2.75) is 19.9 Å². The van der Waals surface area contributed by atoms with Crippen LogP contribution in [0.1, 0.15) is 24.8 Å². The van der Waals surface area contributed by atoms with Gasteiger partial charge in [-0.1, -0.05) is 6.92 Å². The average molecular weight is 234 g/mol. The molecule has 1 aromatic rings. The van der Waals surface area contributed by atoms with Crippen molar-refractivity contribution >= 4 is 27.3 Å². The fraction of sp³-hybridized carbons (Fsp3) is 0.500. The lowest BCUT2D eigenvalue weighted by Gasteiger charge is -2.08. The quantitative estimate of drug-likeness (QED) is 0.846. The van der Waals surface area contributed by atoms with Crippen LogP contribution in [0.5, 0.6) is 0 Å². The first-order valence-electron chi connectivity index (χ1n) is 3.72. The third-order valence-electron chi connectivity index (χ3n) is 1.53. The van der Waals surface area contributed by atoms with Gasteiger partial charge in [-0.3, -0.25) is 0 Å². The van der Waals surface area contributed by atoms with E-state index in [1.54, 1.807) is 11.3 Å². The van der Waals surface area contributed by atoms with Crippen LogP contribution in [-0.2, 0) is 0 Å². The van der Waals surface area contributed by atoms with E-state index in [2.05, 4.69) is 47.2 Å². The van der Waals surface area contributed by atoms with Crippen molar-refractivity contribution in [3.8, 4) is 0 Å². The van der Waals surface area contributed by atoms with Crippen molar-refractivity contribution in [3.05, 3.63) is 20.8 Å². The Balaban J connectivity index is 2.60. The smallest absolute Gasteiger partial charge is 0.0701 e. The molecule has 3 heteroatoms. The third kappa shape index (κ3) is 2.58. The van der Waals surface area contributed by atoms with E-state index in [4.69, 9.17) is 0 Å². The second-order valence-electron chi connectivity index (χ2n) is 2.42. The second kappa shape index (κ2) is 4.24. The van der Waals surface area contributed by atoms with Gasteiger partial charge in [0, 0.05) is 10.9 Å². The van der Waals surface area contributed by atoms with E-state index in [9.17, 15) is 0 Å². The van der Waals surface area contributed by atoms with Gasteiger partial charge in [0.25, 0.3) is 0 Å². The Morgan fingerprint density at radius 1 is 1.64 bits per heavy atom. The average Bonchev–Trinajstić information content (AvgIpc) is 2.36. The van der Waals surface area contributed by atoms with Crippen LogP contribution in [0.15, 0.2) is 15.9 Å². The molecule has 1 rings (SSSR count). The summed E-state index contributed by atoms with van der Waals surface area (Å²) < 4.78 is 1.21. The zero-order valence-corrected chi connectivity index (χ0v) is 9.13. The number of nitrogens with one attached hydrogen (secondary N) is 1. The van der Waals surface area contributed by atoms with Crippen molar-refractivity contribution < 1.29 is 0 Å². The molecule has 0 saturated heterocycles. The Bertz CT molecular complexity index is 222. The molecule has 1 atom stereocenters. The summed E-state index contributed by atoms with van der Waals surface area (Å²) in [4.78, 5) is 1.39. The highest BCUT2D eigenvalue weighted by atomic mass is 79.9. The minimum atomic E-state index is 0.483. The molecule has 11 heavy (non-hydrogen) atoms. The molecule has 0 saturated carbocycles. The van der Waals surface area contributed by atoms with E-state index >= 15 is 0 Å². The highest BCUT2D eigenvalue weighted by Crippen LogP contribution is 2.26. The lowest BCUT2D eigenvalue weighted by atomic mass is 10.3. The Morgan fingerprint density at radius 3 is 2.82 bits per heavy atom. The highest BCUT2D eigenvalue weighted by Gasteiger charge is 2.04. The Kier molecular flexibility index (Phi) is 3.55. The molecule has 0 aliphatic rings. The molecule has 0 radical (unpaired) electrons. The largest absolute Gasteiger partial charge is 0.310 e. The van der Waals surface area contributed by atoms with E-state index in [1.807, 2.05) is 0 Å². The molecule has 1 aromatic heterocycles. The van der Waals surface area contributed by atoms with E-state index < -0.39 is 0 Å². The Morgan fingerprint density at radius 2 is 2.36 bits per heavy atom.